The van der Waals surface area contributed by atoms with E-state index in [2.05, 4.69) is 30.8 Å². The van der Waals surface area contributed by atoms with Gasteiger partial charge in [-0.3, -0.25) is 0 Å². The molecule has 0 saturated heterocycles. The van der Waals surface area contributed by atoms with E-state index in [1.807, 2.05) is 91.8 Å². The molecule has 2 rings (SSSR count). The zero-order valence-corrected chi connectivity index (χ0v) is 16.0. The van der Waals surface area contributed by atoms with Gasteiger partial charge in [0, 0.05) is 0 Å². The molecular weight excluding hydrogens is 264 g/mol. The molecule has 0 amide bonds. The molecule has 22 heavy (non-hydrogen) atoms. The molecule has 0 aliphatic carbocycles. The Hall–Kier alpha value is -1.82. The number of hydrogen-bond acceptors (Lipinski definition) is 0. The van der Waals surface area contributed by atoms with E-state index < -0.39 is 0 Å². The third-order valence-electron chi connectivity index (χ3n) is 2.24. The van der Waals surface area contributed by atoms with Gasteiger partial charge < -0.3 is 0 Å². The molecule has 0 saturated carbocycles. The van der Waals surface area contributed by atoms with Crippen LogP contribution in [0.2, 0.25) is 0 Å². The summed E-state index contributed by atoms with van der Waals surface area (Å²) >= 11 is 0. The summed E-state index contributed by atoms with van der Waals surface area (Å²) in [6, 6.07) is 20.5. The van der Waals surface area contributed by atoms with Crippen molar-refractivity contribution in [3.63, 3.8) is 0 Å². The van der Waals surface area contributed by atoms with Crippen molar-refractivity contribution in [3.8, 4) is 0 Å². The minimum absolute atomic E-state index is 1.08. The van der Waals surface area contributed by atoms with E-state index in [4.69, 9.17) is 0 Å². The molecule has 0 N–H and O–H groups in total. The van der Waals surface area contributed by atoms with Crippen LogP contribution in [-0.2, 0) is 0 Å². The Morgan fingerprint density at radius 1 is 0.500 bits per heavy atom. The Kier molecular flexibility index (Phi) is 24.6. The second-order valence-corrected chi connectivity index (χ2v) is 3.21. The van der Waals surface area contributed by atoms with Crippen molar-refractivity contribution in [3.05, 3.63) is 78.4 Å². The van der Waals surface area contributed by atoms with E-state index in [0.29, 0.717) is 0 Å². The summed E-state index contributed by atoms with van der Waals surface area (Å²) in [5, 5.41) is 0. The molecule has 0 bridgehead atoms. The summed E-state index contributed by atoms with van der Waals surface area (Å²) in [6.45, 7) is 20.1. The largest absolute Gasteiger partial charge is 0.0906 e. The molecule has 0 heterocycles. The molecule has 0 fully saturated rings. The highest BCUT2D eigenvalue weighted by Gasteiger charge is 1.99. The monoisotopic (exact) mass is 300 g/mol. The molecule has 0 radical (unpaired) electrons. The fourth-order valence-corrected chi connectivity index (χ4v) is 1.45. The zero-order valence-electron chi connectivity index (χ0n) is 16.0. The van der Waals surface area contributed by atoms with Gasteiger partial charge in [-0.25, -0.2) is 0 Å². The topological polar surface area (TPSA) is 0 Å². The minimum atomic E-state index is 1.08. The third kappa shape index (κ3) is 10.9. The van der Waals surface area contributed by atoms with E-state index in [0.717, 1.165) is 5.57 Å². The average molecular weight is 301 g/mol. The zero-order chi connectivity index (χ0) is 17.8. The first-order valence-corrected chi connectivity index (χ1v) is 8.67. The molecule has 2 aromatic carbocycles. The average Bonchev–Trinajstić information content (AvgIpc) is 2.69. The lowest BCUT2D eigenvalue weighted by Crippen LogP contribution is -1.84. The van der Waals surface area contributed by atoms with Crippen molar-refractivity contribution < 1.29 is 0 Å². The van der Waals surface area contributed by atoms with Gasteiger partial charge in [-0.15, -0.1) is 0 Å². The lowest BCUT2D eigenvalue weighted by atomic mass is 10.0. The van der Waals surface area contributed by atoms with Crippen LogP contribution in [0.4, 0.5) is 0 Å². The van der Waals surface area contributed by atoms with Crippen LogP contribution in [0.15, 0.2) is 67.2 Å². The highest BCUT2D eigenvalue weighted by Crippen LogP contribution is 2.20. The fourth-order valence-electron chi connectivity index (χ4n) is 1.45. The normalized spacial score (nSPS) is 7.27. The molecule has 0 unspecified atom stereocenters. The maximum Gasteiger partial charge on any atom is -0.0183 e. The Morgan fingerprint density at radius 2 is 0.727 bits per heavy atom. The van der Waals surface area contributed by atoms with Crippen LogP contribution < -0.4 is 0 Å². The Balaban J connectivity index is -0.000000394. The first kappa shape index (κ1) is 25.2. The predicted octanol–water partition coefficient (Wildman–Crippen LogP) is 7.85. The Labute approximate surface area is 139 Å². The number of hydrogen-bond donors (Lipinski definition) is 0. The Morgan fingerprint density at radius 3 is 0.955 bits per heavy atom. The summed E-state index contributed by atoms with van der Waals surface area (Å²) < 4.78 is 0. The molecule has 0 nitrogen and oxygen atoms in total. The quantitative estimate of drug-likeness (QED) is 0.529. The van der Waals surface area contributed by atoms with E-state index in [9.17, 15) is 0 Å². The summed E-state index contributed by atoms with van der Waals surface area (Å²) in [5.74, 6) is 0. The third-order valence-corrected chi connectivity index (χ3v) is 2.24. The molecular formula is C22H36. The van der Waals surface area contributed by atoms with Crippen molar-refractivity contribution >= 4 is 5.57 Å². The lowest BCUT2D eigenvalue weighted by molar-refractivity contribution is 1.50. The van der Waals surface area contributed by atoms with Crippen molar-refractivity contribution in [2.24, 2.45) is 0 Å². The lowest BCUT2D eigenvalue weighted by Gasteiger charge is -2.04. The summed E-state index contributed by atoms with van der Waals surface area (Å²) in [7, 11) is 0. The van der Waals surface area contributed by atoms with Crippen LogP contribution in [0.25, 0.3) is 5.57 Å². The molecule has 0 aromatic heterocycles. The van der Waals surface area contributed by atoms with E-state index >= 15 is 0 Å². The molecule has 0 aliphatic heterocycles. The van der Waals surface area contributed by atoms with Gasteiger partial charge in [0.1, 0.15) is 0 Å². The van der Waals surface area contributed by atoms with Crippen LogP contribution in [0.1, 0.15) is 66.5 Å². The van der Waals surface area contributed by atoms with Crippen LogP contribution in [-0.4, -0.2) is 0 Å². The van der Waals surface area contributed by atoms with Crippen molar-refractivity contribution in [2.75, 3.05) is 0 Å². The Bertz CT molecular complexity index is 371. The summed E-state index contributed by atoms with van der Waals surface area (Å²) in [6.07, 6.45) is 0. The van der Waals surface area contributed by atoms with Gasteiger partial charge in [-0.2, -0.15) is 0 Å². The molecule has 2 aromatic rings. The van der Waals surface area contributed by atoms with Gasteiger partial charge >= 0.3 is 0 Å². The maximum absolute atomic E-state index is 4.10. The highest BCUT2D eigenvalue weighted by atomic mass is 14.0. The van der Waals surface area contributed by atoms with Crippen LogP contribution in [0, 0.1) is 0 Å². The SMILES string of the molecule is C=C(c1ccccc1)c1ccccc1.CC.CC.CC.CC. The van der Waals surface area contributed by atoms with E-state index in [1.54, 1.807) is 0 Å². The smallest absolute Gasteiger partial charge is 0.0183 e. The first-order valence-electron chi connectivity index (χ1n) is 8.67. The van der Waals surface area contributed by atoms with Gasteiger partial charge in [0.15, 0.2) is 0 Å². The molecule has 0 atom stereocenters. The number of rotatable bonds is 2. The van der Waals surface area contributed by atoms with Gasteiger partial charge in [0.05, 0.1) is 0 Å². The molecule has 124 valence electrons. The summed E-state index contributed by atoms with van der Waals surface area (Å²) in [5.41, 5.74) is 3.43. The van der Waals surface area contributed by atoms with E-state index in [1.165, 1.54) is 11.1 Å². The van der Waals surface area contributed by atoms with Crippen LogP contribution in [0.5, 0.6) is 0 Å². The predicted molar refractivity (Wildman–Crippen MR) is 106 cm³/mol. The highest BCUT2D eigenvalue weighted by molar-refractivity contribution is 5.77. The van der Waals surface area contributed by atoms with Gasteiger partial charge in [0.2, 0.25) is 0 Å². The first-order chi connectivity index (χ1) is 10.9. The van der Waals surface area contributed by atoms with Gasteiger partial charge in [-0.1, -0.05) is 123 Å². The molecule has 0 heteroatoms. The van der Waals surface area contributed by atoms with Gasteiger partial charge in [-0.05, 0) is 16.7 Å². The number of benzene rings is 2. The van der Waals surface area contributed by atoms with Crippen molar-refractivity contribution in [2.45, 2.75) is 55.4 Å². The second-order valence-electron chi connectivity index (χ2n) is 3.21. The van der Waals surface area contributed by atoms with Crippen LogP contribution >= 0.6 is 0 Å². The minimum Gasteiger partial charge on any atom is -0.0906 e. The second kappa shape index (κ2) is 21.5. The van der Waals surface area contributed by atoms with E-state index in [-0.39, 0.29) is 0 Å². The van der Waals surface area contributed by atoms with Crippen molar-refractivity contribution in [1.29, 1.82) is 0 Å². The van der Waals surface area contributed by atoms with Crippen LogP contribution in [0.3, 0.4) is 0 Å². The van der Waals surface area contributed by atoms with Gasteiger partial charge in [0.25, 0.3) is 0 Å². The molecule has 0 aliphatic rings. The standard InChI is InChI=1S/C14H12.4C2H6/c1-12(13-8-4-2-5-9-13)14-10-6-3-7-11-14;4*1-2/h2-11H,1H2;4*1-2H3. The van der Waals surface area contributed by atoms with Crippen molar-refractivity contribution in [1.82, 2.24) is 0 Å². The summed E-state index contributed by atoms with van der Waals surface area (Å²) in [4.78, 5) is 0. The fraction of sp³-hybridized carbons (Fsp3) is 0.364. The maximum atomic E-state index is 4.10. The molecule has 0 spiro atoms.